The van der Waals surface area contributed by atoms with Crippen LogP contribution in [-0.4, -0.2) is 33.7 Å². The molecule has 21 heavy (non-hydrogen) atoms. The Morgan fingerprint density at radius 2 is 1.95 bits per heavy atom. The van der Waals surface area contributed by atoms with Crippen LogP contribution < -0.4 is 4.90 Å². The van der Waals surface area contributed by atoms with Gasteiger partial charge in [-0.25, -0.2) is 9.78 Å². The lowest BCUT2D eigenvalue weighted by Gasteiger charge is -2.17. The van der Waals surface area contributed by atoms with Crippen LogP contribution in [0.2, 0.25) is 0 Å². The Bertz CT molecular complexity index is 668. The first-order valence-electron chi connectivity index (χ1n) is 7.21. The van der Waals surface area contributed by atoms with Crippen LogP contribution >= 0.6 is 0 Å². The number of hydrogen-bond donors (Lipinski definition) is 1. The van der Waals surface area contributed by atoms with E-state index in [1.807, 2.05) is 36.7 Å². The largest absolute Gasteiger partial charge is 0.478 e. The molecule has 0 aromatic carbocycles. The highest BCUT2D eigenvalue weighted by molar-refractivity contribution is 5.89. The number of aromatic nitrogens is 2. The predicted octanol–water partition coefficient (Wildman–Crippen LogP) is 2.79. The lowest BCUT2D eigenvalue weighted by Crippen LogP contribution is -2.18. The first kappa shape index (κ1) is 13.7. The fourth-order valence-corrected chi connectivity index (χ4v) is 3.02. The molecule has 1 aliphatic rings. The van der Waals surface area contributed by atoms with E-state index in [-0.39, 0.29) is 0 Å². The summed E-state index contributed by atoms with van der Waals surface area (Å²) in [6.07, 6.45) is 4.27. The van der Waals surface area contributed by atoms with Gasteiger partial charge in [-0.05, 0) is 44.9 Å². The monoisotopic (exact) mass is 285 g/mol. The van der Waals surface area contributed by atoms with E-state index in [4.69, 9.17) is 0 Å². The number of aromatic carboxylic acids is 1. The maximum atomic E-state index is 11.2. The highest BCUT2D eigenvalue weighted by atomic mass is 16.4. The van der Waals surface area contributed by atoms with E-state index in [0.717, 1.165) is 36.0 Å². The molecular weight excluding hydrogens is 266 g/mol. The molecule has 5 heteroatoms. The molecule has 1 saturated heterocycles. The van der Waals surface area contributed by atoms with Gasteiger partial charge in [0.2, 0.25) is 0 Å². The summed E-state index contributed by atoms with van der Waals surface area (Å²) < 4.78 is 1.93. The molecule has 1 N–H and O–H groups in total. The zero-order chi connectivity index (χ0) is 15.0. The first-order valence-corrected chi connectivity index (χ1v) is 7.21. The molecule has 0 unspecified atom stereocenters. The van der Waals surface area contributed by atoms with E-state index < -0.39 is 5.97 Å². The number of nitrogens with zero attached hydrogens (tertiary/aromatic N) is 3. The minimum absolute atomic E-state index is 0.344. The second kappa shape index (κ2) is 5.24. The van der Waals surface area contributed by atoms with Crippen LogP contribution in [0.5, 0.6) is 0 Å². The van der Waals surface area contributed by atoms with E-state index in [1.54, 1.807) is 6.07 Å². The number of pyridine rings is 1. The summed E-state index contributed by atoms with van der Waals surface area (Å²) in [6.45, 7) is 5.87. The molecule has 5 nitrogen and oxygen atoms in total. The summed E-state index contributed by atoms with van der Waals surface area (Å²) in [5, 5.41) is 9.20. The van der Waals surface area contributed by atoms with Gasteiger partial charge in [-0.15, -0.1) is 0 Å². The van der Waals surface area contributed by atoms with E-state index >= 15 is 0 Å². The van der Waals surface area contributed by atoms with Gasteiger partial charge in [0.05, 0.1) is 17.4 Å². The minimum Gasteiger partial charge on any atom is -0.478 e. The van der Waals surface area contributed by atoms with Crippen LogP contribution in [0.1, 0.15) is 34.6 Å². The molecule has 110 valence electrons. The van der Waals surface area contributed by atoms with Crippen LogP contribution in [0.25, 0.3) is 5.69 Å². The first-order chi connectivity index (χ1) is 10.1. The van der Waals surface area contributed by atoms with Crippen LogP contribution in [0.3, 0.4) is 0 Å². The van der Waals surface area contributed by atoms with Crippen molar-refractivity contribution in [3.05, 3.63) is 41.3 Å². The standard InChI is InChI=1S/C16H19N3O2/c1-11-9-14(16(20)21)12(2)19(11)13-5-6-15(17-10-13)18-7-3-4-8-18/h5-6,9-10H,3-4,7-8H2,1-2H3,(H,20,21). The van der Waals surface area contributed by atoms with Gasteiger partial charge in [0.15, 0.2) is 0 Å². The zero-order valence-electron chi connectivity index (χ0n) is 12.3. The second-order valence-corrected chi connectivity index (χ2v) is 5.49. The van der Waals surface area contributed by atoms with Crippen LogP contribution in [0.15, 0.2) is 24.4 Å². The predicted molar refractivity (Wildman–Crippen MR) is 81.4 cm³/mol. The maximum absolute atomic E-state index is 11.2. The molecule has 1 fully saturated rings. The Balaban J connectivity index is 1.95. The lowest BCUT2D eigenvalue weighted by atomic mass is 10.2. The average Bonchev–Trinajstić information content (AvgIpc) is 3.08. The number of anilines is 1. The molecule has 0 bridgehead atoms. The topological polar surface area (TPSA) is 58.4 Å². The summed E-state index contributed by atoms with van der Waals surface area (Å²) in [5.74, 6) is 0.105. The fourth-order valence-electron chi connectivity index (χ4n) is 3.02. The Hall–Kier alpha value is -2.30. The van der Waals surface area contributed by atoms with Gasteiger partial charge < -0.3 is 14.6 Å². The maximum Gasteiger partial charge on any atom is 0.337 e. The highest BCUT2D eigenvalue weighted by Gasteiger charge is 2.17. The number of rotatable bonds is 3. The van der Waals surface area contributed by atoms with Crippen LogP contribution in [0.4, 0.5) is 5.82 Å². The molecule has 0 saturated carbocycles. The SMILES string of the molecule is Cc1cc(C(=O)O)c(C)n1-c1ccc(N2CCCC2)nc1. The van der Waals surface area contributed by atoms with Crippen molar-refractivity contribution in [1.82, 2.24) is 9.55 Å². The Morgan fingerprint density at radius 1 is 1.24 bits per heavy atom. The van der Waals surface area contributed by atoms with E-state index in [1.165, 1.54) is 12.8 Å². The van der Waals surface area contributed by atoms with Crippen LogP contribution in [0, 0.1) is 13.8 Å². The number of carboxylic acids is 1. The second-order valence-electron chi connectivity index (χ2n) is 5.49. The fraction of sp³-hybridized carbons (Fsp3) is 0.375. The van der Waals surface area contributed by atoms with Crippen molar-refractivity contribution in [3.63, 3.8) is 0 Å². The smallest absolute Gasteiger partial charge is 0.337 e. The third kappa shape index (κ3) is 2.39. The van der Waals surface area contributed by atoms with Gasteiger partial charge in [-0.2, -0.15) is 0 Å². The Labute approximate surface area is 123 Å². The van der Waals surface area contributed by atoms with Crippen molar-refractivity contribution >= 4 is 11.8 Å². The van der Waals surface area contributed by atoms with Crippen molar-refractivity contribution in [1.29, 1.82) is 0 Å². The van der Waals surface area contributed by atoms with Crippen molar-refractivity contribution in [2.75, 3.05) is 18.0 Å². The van der Waals surface area contributed by atoms with Gasteiger partial charge >= 0.3 is 5.97 Å². The summed E-state index contributed by atoms with van der Waals surface area (Å²) in [4.78, 5) is 18.0. The summed E-state index contributed by atoms with van der Waals surface area (Å²) in [7, 11) is 0. The quantitative estimate of drug-likeness (QED) is 0.942. The Morgan fingerprint density at radius 3 is 2.48 bits per heavy atom. The van der Waals surface area contributed by atoms with E-state index in [0.29, 0.717) is 5.56 Å². The molecule has 0 radical (unpaired) electrons. The van der Waals surface area contributed by atoms with Gasteiger partial charge in [0.1, 0.15) is 5.82 Å². The van der Waals surface area contributed by atoms with E-state index in [9.17, 15) is 9.90 Å². The molecule has 2 aromatic rings. The van der Waals surface area contributed by atoms with Crippen LogP contribution in [-0.2, 0) is 0 Å². The molecular formula is C16H19N3O2. The van der Waals surface area contributed by atoms with Crippen molar-refractivity contribution in [3.8, 4) is 5.69 Å². The summed E-state index contributed by atoms with van der Waals surface area (Å²) in [5.41, 5.74) is 2.88. The molecule has 3 heterocycles. The molecule has 0 aliphatic carbocycles. The lowest BCUT2D eigenvalue weighted by molar-refractivity contribution is 0.0696. The van der Waals surface area contributed by atoms with E-state index in [2.05, 4.69) is 9.88 Å². The highest BCUT2D eigenvalue weighted by Crippen LogP contribution is 2.23. The van der Waals surface area contributed by atoms with Crippen molar-refractivity contribution in [2.45, 2.75) is 26.7 Å². The summed E-state index contributed by atoms with van der Waals surface area (Å²) in [6, 6.07) is 5.72. The van der Waals surface area contributed by atoms with Gasteiger partial charge in [0.25, 0.3) is 0 Å². The molecule has 3 rings (SSSR count). The number of aryl methyl sites for hydroxylation is 1. The third-order valence-electron chi connectivity index (χ3n) is 4.08. The summed E-state index contributed by atoms with van der Waals surface area (Å²) >= 11 is 0. The van der Waals surface area contributed by atoms with Gasteiger partial charge in [-0.1, -0.05) is 0 Å². The number of hydrogen-bond acceptors (Lipinski definition) is 3. The molecule has 0 atom stereocenters. The third-order valence-corrected chi connectivity index (χ3v) is 4.08. The molecule has 0 amide bonds. The normalized spacial score (nSPS) is 14.7. The minimum atomic E-state index is -0.893. The van der Waals surface area contributed by atoms with Gasteiger partial charge in [0, 0.05) is 24.5 Å². The Kier molecular flexibility index (Phi) is 3.41. The van der Waals surface area contributed by atoms with Gasteiger partial charge in [-0.3, -0.25) is 0 Å². The molecule has 2 aromatic heterocycles. The molecule has 1 aliphatic heterocycles. The zero-order valence-corrected chi connectivity index (χ0v) is 12.3. The number of carbonyl (C=O) groups is 1. The number of carboxylic acid groups (broad SMARTS) is 1. The average molecular weight is 285 g/mol. The molecule has 0 spiro atoms. The van der Waals surface area contributed by atoms with Crippen molar-refractivity contribution < 1.29 is 9.90 Å². The van der Waals surface area contributed by atoms with Crippen molar-refractivity contribution in [2.24, 2.45) is 0 Å².